The normalized spacial score (nSPS) is 15.2. The van der Waals surface area contributed by atoms with Gasteiger partial charge in [0.05, 0.1) is 0 Å². The van der Waals surface area contributed by atoms with E-state index in [2.05, 4.69) is 10.1 Å². The van der Waals surface area contributed by atoms with Crippen molar-refractivity contribution in [3.63, 3.8) is 0 Å². The molecule has 2 rings (SSSR count). The Hall–Kier alpha value is -1.88. The van der Waals surface area contributed by atoms with E-state index in [9.17, 15) is 9.59 Å². The highest BCUT2D eigenvalue weighted by atomic mass is 16.5. The minimum Gasteiger partial charge on any atom is -0.490 e. The number of rotatable bonds is 4. The molecule has 1 aliphatic rings. The molecule has 0 amide bonds. The van der Waals surface area contributed by atoms with Crippen molar-refractivity contribution in [2.75, 3.05) is 13.1 Å². The first-order valence-electron chi connectivity index (χ1n) is 7.48. The minimum absolute atomic E-state index is 0.285. The molecule has 1 aromatic rings. The number of aldehydes is 1. The molecule has 5 heteroatoms. The largest absolute Gasteiger partial charge is 0.490 e. The molecule has 122 valence electrons. The van der Waals surface area contributed by atoms with Crippen LogP contribution in [0.15, 0.2) is 24.3 Å². The lowest BCUT2D eigenvalue weighted by Crippen LogP contribution is -2.34. The topological polar surface area (TPSA) is 64.6 Å². The average molecular weight is 307 g/mol. The summed E-state index contributed by atoms with van der Waals surface area (Å²) < 4.78 is 10.3. The predicted molar refractivity (Wildman–Crippen MR) is 85.3 cm³/mol. The molecule has 0 saturated carbocycles. The first kappa shape index (κ1) is 18.2. The summed E-state index contributed by atoms with van der Waals surface area (Å²) in [4.78, 5) is 20.2. The van der Waals surface area contributed by atoms with Gasteiger partial charge in [0, 0.05) is 5.56 Å². The van der Waals surface area contributed by atoms with Crippen molar-refractivity contribution in [2.24, 2.45) is 0 Å². The molecule has 0 aliphatic carbocycles. The zero-order valence-electron chi connectivity index (χ0n) is 13.5. The fourth-order valence-electron chi connectivity index (χ4n) is 1.91. The second-order valence-corrected chi connectivity index (χ2v) is 6.08. The van der Waals surface area contributed by atoms with Gasteiger partial charge in [-0.3, -0.25) is 9.59 Å². The first-order valence-corrected chi connectivity index (χ1v) is 7.48. The first-order chi connectivity index (χ1) is 10.4. The Labute approximate surface area is 132 Å². The standard InChI is InChI=1S/C12H15NO2.C5H10O2/c14-9-10-2-1-3-12(8-10)15-11-4-6-13-7-5-11;1-5(2,3)7-4-6/h1-3,8-9,11,13H,4-7H2;4H,1-3H3. The molecule has 1 heterocycles. The summed E-state index contributed by atoms with van der Waals surface area (Å²) in [6.45, 7) is 7.94. The summed E-state index contributed by atoms with van der Waals surface area (Å²) in [5, 5.41) is 3.29. The lowest BCUT2D eigenvalue weighted by Gasteiger charge is -2.23. The monoisotopic (exact) mass is 307 g/mol. The minimum atomic E-state index is -0.318. The highest BCUT2D eigenvalue weighted by Gasteiger charge is 2.14. The summed E-state index contributed by atoms with van der Waals surface area (Å²) in [7, 11) is 0. The molecule has 1 aliphatic heterocycles. The van der Waals surface area contributed by atoms with Gasteiger partial charge < -0.3 is 14.8 Å². The van der Waals surface area contributed by atoms with E-state index >= 15 is 0 Å². The number of carbonyl (C=O) groups is 2. The van der Waals surface area contributed by atoms with Crippen molar-refractivity contribution < 1.29 is 19.1 Å². The summed E-state index contributed by atoms with van der Waals surface area (Å²) in [5.74, 6) is 0.798. The number of piperidine rings is 1. The predicted octanol–water partition coefficient (Wildman–Crippen LogP) is 2.59. The van der Waals surface area contributed by atoms with E-state index in [1.807, 2.05) is 32.9 Å². The third kappa shape index (κ3) is 7.78. The summed E-state index contributed by atoms with van der Waals surface area (Å²) in [5.41, 5.74) is 0.350. The Balaban J connectivity index is 0.000000295. The second-order valence-electron chi connectivity index (χ2n) is 6.08. The van der Waals surface area contributed by atoms with Crippen LogP contribution in [-0.4, -0.2) is 37.6 Å². The van der Waals surface area contributed by atoms with E-state index in [1.165, 1.54) is 0 Å². The van der Waals surface area contributed by atoms with Crippen LogP contribution in [0.5, 0.6) is 5.75 Å². The molecule has 1 aromatic carbocycles. The summed E-state index contributed by atoms with van der Waals surface area (Å²) in [6, 6.07) is 7.31. The number of hydrogen-bond acceptors (Lipinski definition) is 5. The summed E-state index contributed by atoms with van der Waals surface area (Å²) in [6.07, 6.45) is 3.19. The quantitative estimate of drug-likeness (QED) is 0.866. The van der Waals surface area contributed by atoms with E-state index in [1.54, 1.807) is 12.1 Å². The smallest absolute Gasteiger partial charge is 0.293 e. The number of nitrogens with one attached hydrogen (secondary N) is 1. The Morgan fingerprint density at radius 3 is 2.36 bits per heavy atom. The maximum absolute atomic E-state index is 10.6. The van der Waals surface area contributed by atoms with Crippen molar-refractivity contribution in [1.82, 2.24) is 5.32 Å². The van der Waals surface area contributed by atoms with Gasteiger partial charge in [0.1, 0.15) is 23.7 Å². The third-order valence-electron chi connectivity index (χ3n) is 2.98. The van der Waals surface area contributed by atoms with Crippen molar-refractivity contribution in [3.8, 4) is 5.75 Å². The Bertz CT molecular complexity index is 462. The molecule has 0 bridgehead atoms. The van der Waals surface area contributed by atoms with Gasteiger partial charge in [0.15, 0.2) is 0 Å². The molecule has 22 heavy (non-hydrogen) atoms. The maximum atomic E-state index is 10.6. The van der Waals surface area contributed by atoms with Gasteiger partial charge in [-0.15, -0.1) is 0 Å². The molecule has 0 atom stereocenters. The van der Waals surface area contributed by atoms with Gasteiger partial charge in [0.25, 0.3) is 6.47 Å². The van der Waals surface area contributed by atoms with Crippen LogP contribution in [0, 0.1) is 0 Å². The lowest BCUT2D eigenvalue weighted by molar-refractivity contribution is -0.138. The van der Waals surface area contributed by atoms with Gasteiger partial charge in [-0.25, -0.2) is 0 Å². The number of ether oxygens (including phenoxy) is 2. The SMILES string of the molecule is CC(C)(C)OC=O.O=Cc1cccc(OC2CCNCC2)c1. The summed E-state index contributed by atoms with van der Waals surface area (Å²) >= 11 is 0. The average Bonchev–Trinajstić information content (AvgIpc) is 2.48. The van der Waals surface area contributed by atoms with E-state index in [0.717, 1.165) is 38.0 Å². The van der Waals surface area contributed by atoms with Crippen molar-refractivity contribution in [2.45, 2.75) is 45.3 Å². The van der Waals surface area contributed by atoms with E-state index in [4.69, 9.17) is 4.74 Å². The fraction of sp³-hybridized carbons (Fsp3) is 0.529. The van der Waals surface area contributed by atoms with Crippen molar-refractivity contribution >= 4 is 12.8 Å². The van der Waals surface area contributed by atoms with Gasteiger partial charge in [-0.1, -0.05) is 12.1 Å². The molecular weight excluding hydrogens is 282 g/mol. The number of carbonyl (C=O) groups excluding carboxylic acids is 2. The van der Waals surface area contributed by atoms with Crippen LogP contribution in [0.25, 0.3) is 0 Å². The zero-order valence-corrected chi connectivity index (χ0v) is 13.5. The molecule has 0 aromatic heterocycles. The van der Waals surface area contributed by atoms with Gasteiger partial charge in [-0.2, -0.15) is 0 Å². The van der Waals surface area contributed by atoms with E-state index in [0.29, 0.717) is 12.0 Å². The zero-order chi connectivity index (χ0) is 16.4. The number of benzene rings is 1. The Morgan fingerprint density at radius 1 is 1.18 bits per heavy atom. The number of hydrogen-bond donors (Lipinski definition) is 1. The van der Waals surface area contributed by atoms with Crippen LogP contribution in [-0.2, 0) is 9.53 Å². The Kier molecular flexibility index (Phi) is 7.60. The fourth-order valence-corrected chi connectivity index (χ4v) is 1.91. The molecule has 1 fully saturated rings. The third-order valence-corrected chi connectivity index (χ3v) is 2.98. The highest BCUT2D eigenvalue weighted by Crippen LogP contribution is 2.17. The van der Waals surface area contributed by atoms with Crippen LogP contribution in [0.2, 0.25) is 0 Å². The van der Waals surface area contributed by atoms with Gasteiger partial charge in [-0.05, 0) is 58.8 Å². The molecule has 0 unspecified atom stereocenters. The van der Waals surface area contributed by atoms with Crippen molar-refractivity contribution in [3.05, 3.63) is 29.8 Å². The molecule has 1 N–H and O–H groups in total. The van der Waals surface area contributed by atoms with Gasteiger partial charge >= 0.3 is 0 Å². The van der Waals surface area contributed by atoms with E-state index < -0.39 is 0 Å². The van der Waals surface area contributed by atoms with Crippen LogP contribution in [0.3, 0.4) is 0 Å². The second kappa shape index (κ2) is 9.20. The molecule has 0 radical (unpaired) electrons. The van der Waals surface area contributed by atoms with Gasteiger partial charge in [0.2, 0.25) is 0 Å². The molecule has 1 saturated heterocycles. The molecule has 0 spiro atoms. The highest BCUT2D eigenvalue weighted by molar-refractivity contribution is 5.75. The van der Waals surface area contributed by atoms with Crippen LogP contribution >= 0.6 is 0 Å². The molecular formula is C17H25NO4. The molecule has 5 nitrogen and oxygen atoms in total. The van der Waals surface area contributed by atoms with E-state index in [-0.39, 0.29) is 11.7 Å². The van der Waals surface area contributed by atoms with Crippen LogP contribution in [0.4, 0.5) is 0 Å². The Morgan fingerprint density at radius 2 is 1.86 bits per heavy atom. The van der Waals surface area contributed by atoms with Crippen LogP contribution < -0.4 is 10.1 Å². The van der Waals surface area contributed by atoms with Crippen LogP contribution in [0.1, 0.15) is 44.0 Å². The van der Waals surface area contributed by atoms with Crippen molar-refractivity contribution in [1.29, 1.82) is 0 Å². The lowest BCUT2D eigenvalue weighted by atomic mass is 10.1. The maximum Gasteiger partial charge on any atom is 0.293 e.